The first-order chi connectivity index (χ1) is 33.5. The lowest BCUT2D eigenvalue weighted by atomic mass is 10.0. The predicted octanol–water partition coefficient (Wildman–Crippen LogP) is 5.28. The summed E-state index contributed by atoms with van der Waals surface area (Å²) in [5.74, 6) is 3.12. The van der Waals surface area contributed by atoms with Crippen LogP contribution in [0.25, 0.3) is 22.1 Å². The number of piperidine rings is 2. The van der Waals surface area contributed by atoms with E-state index < -0.39 is 5.60 Å². The van der Waals surface area contributed by atoms with Crippen LogP contribution in [0.2, 0.25) is 0 Å². The van der Waals surface area contributed by atoms with Gasteiger partial charge in [-0.25, -0.2) is 14.8 Å². The number of benzene rings is 2. The molecule has 2 saturated heterocycles. The first-order valence-corrected chi connectivity index (χ1v) is 24.1. The van der Waals surface area contributed by atoms with Crippen molar-refractivity contribution in [2.45, 2.75) is 90.3 Å². The minimum atomic E-state index is -0.585. The molecule has 8 heterocycles. The highest BCUT2D eigenvalue weighted by Gasteiger charge is 2.32. The molecule has 4 aromatic heterocycles. The lowest BCUT2D eigenvalue weighted by Crippen LogP contribution is -2.49. The number of ether oxygens (including phenoxy) is 5. The molecule has 0 unspecified atom stereocenters. The zero-order valence-corrected chi connectivity index (χ0v) is 39.8. The number of hydrogen-bond acceptors (Lipinski definition) is 15. The number of nitrogens with zero attached hydrogens (tertiary/aromatic N) is 9. The molecule has 18 heteroatoms. The number of aromatic nitrogens is 6. The second-order valence-corrected chi connectivity index (χ2v) is 18.9. The van der Waals surface area contributed by atoms with E-state index in [2.05, 4.69) is 47.2 Å². The highest BCUT2D eigenvalue weighted by Crippen LogP contribution is 2.33. The lowest BCUT2D eigenvalue weighted by Gasteiger charge is -2.39. The van der Waals surface area contributed by atoms with Crippen LogP contribution in [-0.2, 0) is 30.9 Å². The Labute approximate surface area is 401 Å². The van der Waals surface area contributed by atoms with Gasteiger partial charge < -0.3 is 52.8 Å². The average Bonchev–Trinajstić information content (AvgIpc) is 3.37. The molecule has 18 nitrogen and oxygen atoms in total. The molecular weight excluding hydrogens is 881 g/mol. The molecule has 0 spiro atoms. The van der Waals surface area contributed by atoms with Crippen molar-refractivity contribution in [2.75, 3.05) is 65.7 Å². The average molecular weight is 943 g/mol. The first-order valence-electron chi connectivity index (χ1n) is 24.1. The van der Waals surface area contributed by atoms with E-state index in [-0.39, 0.29) is 23.3 Å². The third kappa shape index (κ3) is 12.2. The van der Waals surface area contributed by atoms with Crippen molar-refractivity contribution < 1.29 is 28.5 Å². The predicted molar refractivity (Wildman–Crippen MR) is 260 cm³/mol. The second kappa shape index (κ2) is 21.8. The number of rotatable bonds is 12. The van der Waals surface area contributed by atoms with E-state index in [0.717, 1.165) is 116 Å². The van der Waals surface area contributed by atoms with Crippen molar-refractivity contribution in [3.05, 3.63) is 118 Å². The van der Waals surface area contributed by atoms with Crippen molar-refractivity contribution in [1.82, 2.24) is 49.1 Å². The summed E-state index contributed by atoms with van der Waals surface area (Å²) in [5, 5.41) is 3.68. The van der Waals surface area contributed by atoms with E-state index in [1.165, 1.54) is 18.0 Å². The SMILES string of the molecule is CC(C)(C)OC(=O)N(Cc1ccc2c(c1)OCCO2)C1CCN(CCn2c(=O)cnc3ccncc32)CC1.O=c1cnc2ccncc2n1CCN1CCC(NCc2ccc3c(c2)OCCO3)CC1. The molecule has 0 saturated carbocycles. The molecular formula is C51H62N10O8. The smallest absolute Gasteiger partial charge is 0.410 e. The second-order valence-electron chi connectivity index (χ2n) is 18.9. The van der Waals surface area contributed by atoms with E-state index in [1.807, 2.05) is 62.1 Å². The Morgan fingerprint density at radius 3 is 1.68 bits per heavy atom. The Hall–Kier alpha value is -6.63. The highest BCUT2D eigenvalue weighted by atomic mass is 16.6. The monoisotopic (exact) mass is 942 g/mol. The number of amides is 1. The number of hydrogen-bond donors (Lipinski definition) is 1. The highest BCUT2D eigenvalue weighted by molar-refractivity contribution is 5.73. The number of likely N-dealkylation sites (tertiary alicyclic amines) is 2. The van der Waals surface area contributed by atoms with Crippen LogP contribution in [-0.4, -0.2) is 133 Å². The Balaban J connectivity index is 0.000000175. The fraction of sp³-hybridized carbons (Fsp3) is 0.471. The quantitative estimate of drug-likeness (QED) is 0.167. The molecule has 69 heavy (non-hydrogen) atoms. The third-order valence-corrected chi connectivity index (χ3v) is 13.0. The van der Waals surface area contributed by atoms with E-state index >= 15 is 0 Å². The topological polar surface area (TPSA) is 181 Å². The van der Waals surface area contributed by atoms with Gasteiger partial charge in [0.25, 0.3) is 11.1 Å². The van der Waals surface area contributed by atoms with E-state index in [4.69, 9.17) is 23.7 Å². The van der Waals surface area contributed by atoms with E-state index in [1.54, 1.807) is 33.9 Å². The summed E-state index contributed by atoms with van der Waals surface area (Å²) >= 11 is 0. The van der Waals surface area contributed by atoms with Crippen LogP contribution in [0.15, 0.2) is 95.3 Å². The van der Waals surface area contributed by atoms with Crippen molar-refractivity contribution in [3.63, 3.8) is 0 Å². The van der Waals surface area contributed by atoms with Gasteiger partial charge in [0, 0.05) is 76.8 Å². The molecule has 6 aromatic rings. The minimum Gasteiger partial charge on any atom is -0.486 e. The maximum atomic E-state index is 13.3. The largest absolute Gasteiger partial charge is 0.486 e. The summed E-state index contributed by atoms with van der Waals surface area (Å²) in [5.41, 5.74) is 4.49. The molecule has 1 N–H and O–H groups in total. The Morgan fingerprint density at radius 1 is 0.652 bits per heavy atom. The molecule has 10 rings (SSSR count). The fourth-order valence-corrected chi connectivity index (χ4v) is 9.28. The Bertz CT molecular complexity index is 2830. The van der Waals surface area contributed by atoms with Gasteiger partial charge in [-0.05, 0) is 107 Å². The van der Waals surface area contributed by atoms with Gasteiger partial charge in [-0.15, -0.1) is 0 Å². The van der Waals surface area contributed by atoms with Crippen LogP contribution in [0.3, 0.4) is 0 Å². The van der Waals surface area contributed by atoms with Crippen molar-refractivity contribution in [3.8, 4) is 23.0 Å². The lowest BCUT2D eigenvalue weighted by molar-refractivity contribution is 0.00562. The summed E-state index contributed by atoms with van der Waals surface area (Å²) in [4.78, 5) is 61.4. The number of carbonyl (C=O) groups excluding carboxylic acids is 1. The molecule has 0 aliphatic carbocycles. The van der Waals surface area contributed by atoms with Crippen molar-refractivity contribution >= 4 is 28.2 Å². The van der Waals surface area contributed by atoms with Crippen LogP contribution in [0, 0.1) is 0 Å². The van der Waals surface area contributed by atoms with Gasteiger partial charge in [0.2, 0.25) is 0 Å². The third-order valence-electron chi connectivity index (χ3n) is 13.0. The Kier molecular flexibility index (Phi) is 15.0. The van der Waals surface area contributed by atoms with Gasteiger partial charge in [-0.1, -0.05) is 12.1 Å². The summed E-state index contributed by atoms with van der Waals surface area (Å²) in [6, 6.07) is 16.2. The number of pyridine rings is 2. The van der Waals surface area contributed by atoms with Gasteiger partial charge in [0.15, 0.2) is 23.0 Å². The van der Waals surface area contributed by atoms with Crippen LogP contribution in [0.1, 0.15) is 57.6 Å². The number of fused-ring (bicyclic) bond motifs is 4. The maximum absolute atomic E-state index is 13.3. The van der Waals surface area contributed by atoms with Crippen LogP contribution >= 0.6 is 0 Å². The summed E-state index contributed by atoms with van der Waals surface area (Å²) in [7, 11) is 0. The standard InChI is InChI=1S/C28H35N5O5.C23H27N5O3/c1-28(2,3)38-27(35)33(19-20-4-5-24-25(16-20)37-15-14-36-24)21-7-10-31(11-8-21)12-13-32-23-17-29-9-6-22(23)30-18-26(32)34;29-23-16-26-19-3-6-24-15-20(19)28(23)10-9-27-7-4-18(5-8-27)25-14-17-1-2-21-22(13-17)31-12-11-30-21/h4-6,9,16-18,21H,7-8,10-15,19H2,1-3H3;1-3,6,13,15-16,18,25H,4-5,7-12,14H2. The van der Waals surface area contributed by atoms with Crippen LogP contribution in [0.4, 0.5) is 4.79 Å². The summed E-state index contributed by atoms with van der Waals surface area (Å²) in [6.07, 6.45) is 13.1. The molecule has 0 atom stereocenters. The van der Waals surface area contributed by atoms with Crippen LogP contribution < -0.4 is 35.4 Å². The molecule has 0 radical (unpaired) electrons. The zero-order chi connectivity index (χ0) is 47.7. The minimum absolute atomic E-state index is 0.0444. The maximum Gasteiger partial charge on any atom is 0.410 e. The van der Waals surface area contributed by atoms with Crippen molar-refractivity contribution in [1.29, 1.82) is 0 Å². The molecule has 1 amide bonds. The molecule has 364 valence electrons. The first kappa shape index (κ1) is 47.4. The van der Waals surface area contributed by atoms with E-state index in [9.17, 15) is 14.4 Å². The number of nitrogens with one attached hydrogen (secondary N) is 1. The fourth-order valence-electron chi connectivity index (χ4n) is 9.28. The molecule has 0 bridgehead atoms. The molecule has 2 fully saturated rings. The summed E-state index contributed by atoms with van der Waals surface area (Å²) in [6.45, 7) is 15.7. The number of carbonyl (C=O) groups is 1. The normalized spacial score (nSPS) is 16.7. The van der Waals surface area contributed by atoms with Gasteiger partial charge in [0.05, 0.1) is 46.9 Å². The Morgan fingerprint density at radius 2 is 1.14 bits per heavy atom. The van der Waals surface area contributed by atoms with Gasteiger partial charge in [-0.2, -0.15) is 0 Å². The van der Waals surface area contributed by atoms with Crippen molar-refractivity contribution in [2.24, 2.45) is 0 Å². The molecule has 4 aliphatic heterocycles. The van der Waals surface area contributed by atoms with Gasteiger partial charge in [0.1, 0.15) is 32.0 Å². The van der Waals surface area contributed by atoms with Gasteiger partial charge in [-0.3, -0.25) is 19.6 Å². The summed E-state index contributed by atoms with van der Waals surface area (Å²) < 4.78 is 32.0. The van der Waals surface area contributed by atoms with E-state index in [0.29, 0.717) is 57.9 Å². The molecule has 4 aliphatic rings. The zero-order valence-electron chi connectivity index (χ0n) is 39.8. The molecule has 2 aromatic carbocycles. The van der Waals surface area contributed by atoms with Crippen LogP contribution in [0.5, 0.6) is 23.0 Å². The van der Waals surface area contributed by atoms with Gasteiger partial charge >= 0.3 is 6.09 Å².